The molecule has 2 atom stereocenters. The zero-order valence-corrected chi connectivity index (χ0v) is 30.5. The van der Waals surface area contributed by atoms with Crippen molar-refractivity contribution in [3.8, 4) is 22.4 Å². The predicted molar refractivity (Wildman–Crippen MR) is 199 cm³/mol. The Balaban J connectivity index is 1.59. The molecular weight excluding hydrogens is 635 g/mol. The lowest BCUT2D eigenvalue weighted by Crippen LogP contribution is -2.29. The van der Waals surface area contributed by atoms with Gasteiger partial charge in [-0.25, -0.2) is 0 Å². The van der Waals surface area contributed by atoms with E-state index in [0.717, 1.165) is 47.7 Å². The molecule has 2 unspecified atom stereocenters. The Hall–Kier alpha value is -3.19. The van der Waals surface area contributed by atoms with Crippen LogP contribution >= 0.6 is 0 Å². The van der Waals surface area contributed by atoms with Crippen LogP contribution < -0.4 is 0 Å². The van der Waals surface area contributed by atoms with Crippen molar-refractivity contribution < 1.29 is 27.8 Å². The van der Waals surface area contributed by atoms with E-state index in [2.05, 4.69) is 37.3 Å². The van der Waals surface area contributed by atoms with E-state index >= 15 is 0 Å². The fourth-order valence-corrected chi connectivity index (χ4v) is 6.61. The number of aliphatic carboxylic acids is 1. The minimum atomic E-state index is -4.42. The number of unbranched alkanes of at least 4 members (excludes halogenated alkanes) is 13. The number of hydrogen-bond acceptors (Lipinski definition) is 3. The summed E-state index contributed by atoms with van der Waals surface area (Å²) in [6.45, 7) is 3.21. The fourth-order valence-electron chi connectivity index (χ4n) is 6.61. The lowest BCUT2D eigenvalue weighted by atomic mass is 9.86. The lowest BCUT2D eigenvalue weighted by molar-refractivity contribution is -0.214. The molecule has 7 heteroatoms. The Morgan fingerprint density at radius 2 is 1.38 bits per heavy atom. The summed E-state index contributed by atoms with van der Waals surface area (Å²) in [5.41, 5.74) is 6.01. The Kier molecular flexibility index (Phi) is 19.2. The zero-order chi connectivity index (χ0) is 36.0. The molecule has 50 heavy (non-hydrogen) atoms. The van der Waals surface area contributed by atoms with Gasteiger partial charge in [-0.15, -0.1) is 0 Å². The first-order chi connectivity index (χ1) is 24.2. The Morgan fingerprint density at radius 3 is 1.94 bits per heavy atom. The maximum atomic E-state index is 13.1. The van der Waals surface area contributed by atoms with Gasteiger partial charge in [0.15, 0.2) is 6.10 Å². The number of carboxylic acids is 1. The Morgan fingerprint density at radius 1 is 0.760 bits per heavy atom. The number of carbonyl (C=O) groups is 1. The molecule has 0 aliphatic heterocycles. The standard InChI is InChI=1S/C43H60F3NO3/c1-3-4-5-6-7-8-9-10-11-12-13-14-15-17-21-35-26-29-41(47-33-35)40-32-38(27-28-39(40)37-22-18-16-19-23-37)36(24-20-25-42(48)49)30-31-50-34(2)43(44,45)46/h16,18-19,22-23,26-29,32-34,36H,3-15,17,20-21,24-25,30-31H2,1-2H3,(H,48,49). The number of ether oxygens (including phenoxy) is 1. The van der Waals surface area contributed by atoms with Crippen LogP contribution in [-0.4, -0.2) is 34.9 Å². The van der Waals surface area contributed by atoms with Gasteiger partial charge in [0.05, 0.1) is 5.69 Å². The molecule has 1 N–H and O–H groups in total. The van der Waals surface area contributed by atoms with Crippen molar-refractivity contribution in [3.63, 3.8) is 0 Å². The minimum absolute atomic E-state index is 0.00753. The summed E-state index contributed by atoms with van der Waals surface area (Å²) in [6.07, 6.45) is 16.8. The normalized spacial score (nSPS) is 13.0. The molecule has 0 amide bonds. The first kappa shape index (κ1) is 41.2. The molecule has 0 aliphatic rings. The van der Waals surface area contributed by atoms with Crippen LogP contribution in [0.2, 0.25) is 0 Å². The quantitative estimate of drug-likeness (QED) is 0.0849. The molecule has 0 saturated carbocycles. The van der Waals surface area contributed by atoms with Crippen molar-refractivity contribution in [2.45, 2.75) is 154 Å². The van der Waals surface area contributed by atoms with Crippen molar-refractivity contribution in [1.82, 2.24) is 4.98 Å². The monoisotopic (exact) mass is 695 g/mol. The molecule has 3 rings (SSSR count). The summed E-state index contributed by atoms with van der Waals surface area (Å²) in [4.78, 5) is 16.1. The number of aryl methyl sites for hydroxylation is 1. The van der Waals surface area contributed by atoms with Crippen molar-refractivity contribution in [3.05, 3.63) is 78.0 Å². The number of halogens is 3. The smallest absolute Gasteiger partial charge is 0.414 e. The van der Waals surface area contributed by atoms with E-state index in [4.69, 9.17) is 9.72 Å². The van der Waals surface area contributed by atoms with E-state index in [1.165, 1.54) is 89.0 Å². The summed E-state index contributed by atoms with van der Waals surface area (Å²) in [6, 6.07) is 20.4. The number of carboxylic acid groups (broad SMARTS) is 1. The van der Waals surface area contributed by atoms with E-state index in [1.54, 1.807) is 0 Å². The highest BCUT2D eigenvalue weighted by Gasteiger charge is 2.36. The molecule has 0 saturated heterocycles. The van der Waals surface area contributed by atoms with Gasteiger partial charge in [-0.3, -0.25) is 9.78 Å². The molecule has 3 aromatic rings. The molecule has 0 spiro atoms. The van der Waals surface area contributed by atoms with Gasteiger partial charge in [-0.2, -0.15) is 13.2 Å². The first-order valence-corrected chi connectivity index (χ1v) is 19.2. The van der Waals surface area contributed by atoms with E-state index in [-0.39, 0.29) is 18.9 Å². The molecule has 1 heterocycles. The summed E-state index contributed by atoms with van der Waals surface area (Å²) in [7, 11) is 0. The Bertz CT molecular complexity index is 1340. The minimum Gasteiger partial charge on any atom is -0.481 e. The molecular formula is C43H60F3NO3. The van der Waals surface area contributed by atoms with E-state index in [1.807, 2.05) is 36.5 Å². The molecule has 2 aromatic carbocycles. The highest BCUT2D eigenvalue weighted by atomic mass is 19.4. The second-order valence-corrected chi connectivity index (χ2v) is 13.9. The van der Waals surface area contributed by atoms with Crippen LogP contribution in [0.25, 0.3) is 22.4 Å². The number of rotatable bonds is 26. The number of nitrogens with zero attached hydrogens (tertiary/aromatic N) is 1. The average molecular weight is 696 g/mol. The van der Waals surface area contributed by atoms with Gasteiger partial charge >= 0.3 is 12.1 Å². The molecule has 0 aliphatic carbocycles. The molecule has 4 nitrogen and oxygen atoms in total. The van der Waals surface area contributed by atoms with Crippen LogP contribution in [0.15, 0.2) is 66.9 Å². The van der Waals surface area contributed by atoms with E-state index in [9.17, 15) is 23.1 Å². The van der Waals surface area contributed by atoms with Crippen molar-refractivity contribution in [2.24, 2.45) is 0 Å². The van der Waals surface area contributed by atoms with Gasteiger partial charge in [-0.1, -0.05) is 139 Å². The van der Waals surface area contributed by atoms with Gasteiger partial charge in [0, 0.05) is 24.8 Å². The topological polar surface area (TPSA) is 59.4 Å². The van der Waals surface area contributed by atoms with Crippen LogP contribution in [0.3, 0.4) is 0 Å². The Labute approximate surface area is 299 Å². The summed E-state index contributed by atoms with van der Waals surface area (Å²) in [5, 5.41) is 9.21. The number of hydrogen-bond donors (Lipinski definition) is 1. The third-order valence-corrected chi connectivity index (χ3v) is 9.76. The molecule has 0 radical (unpaired) electrons. The van der Waals surface area contributed by atoms with Gasteiger partial charge < -0.3 is 9.84 Å². The molecule has 1 aromatic heterocycles. The van der Waals surface area contributed by atoms with Crippen LogP contribution in [0.5, 0.6) is 0 Å². The van der Waals surface area contributed by atoms with Crippen LogP contribution in [0, 0.1) is 0 Å². The van der Waals surface area contributed by atoms with Gasteiger partial charge in [-0.05, 0) is 79.3 Å². The zero-order valence-electron chi connectivity index (χ0n) is 30.5. The number of aromatic nitrogens is 1. The summed E-state index contributed by atoms with van der Waals surface area (Å²) in [5.74, 6) is -1.04. The van der Waals surface area contributed by atoms with Crippen molar-refractivity contribution in [2.75, 3.05) is 6.61 Å². The third-order valence-electron chi connectivity index (χ3n) is 9.76. The maximum Gasteiger partial charge on any atom is 0.414 e. The summed E-state index contributed by atoms with van der Waals surface area (Å²) < 4.78 is 44.4. The van der Waals surface area contributed by atoms with E-state index in [0.29, 0.717) is 19.3 Å². The second-order valence-electron chi connectivity index (χ2n) is 13.9. The largest absolute Gasteiger partial charge is 0.481 e. The number of alkyl halides is 3. The maximum absolute atomic E-state index is 13.1. The fraction of sp³-hybridized carbons (Fsp3) is 0.581. The average Bonchev–Trinajstić information content (AvgIpc) is 3.11. The number of pyridine rings is 1. The van der Waals surface area contributed by atoms with Gasteiger partial charge in [0.25, 0.3) is 0 Å². The van der Waals surface area contributed by atoms with Gasteiger partial charge in [0.2, 0.25) is 0 Å². The van der Waals surface area contributed by atoms with Gasteiger partial charge in [0.1, 0.15) is 0 Å². The lowest BCUT2D eigenvalue weighted by Gasteiger charge is -2.22. The predicted octanol–water partition coefficient (Wildman–Crippen LogP) is 13.1. The van der Waals surface area contributed by atoms with Crippen LogP contribution in [0.1, 0.15) is 146 Å². The summed E-state index contributed by atoms with van der Waals surface area (Å²) >= 11 is 0. The van der Waals surface area contributed by atoms with Crippen LogP contribution in [0.4, 0.5) is 13.2 Å². The highest BCUT2D eigenvalue weighted by molar-refractivity contribution is 5.82. The van der Waals surface area contributed by atoms with E-state index < -0.39 is 18.2 Å². The third kappa shape index (κ3) is 15.8. The molecule has 0 bridgehead atoms. The second kappa shape index (κ2) is 23.3. The van der Waals surface area contributed by atoms with Crippen molar-refractivity contribution in [1.29, 1.82) is 0 Å². The molecule has 0 fully saturated rings. The van der Waals surface area contributed by atoms with Crippen molar-refractivity contribution >= 4 is 5.97 Å². The number of benzene rings is 2. The molecule has 276 valence electrons. The highest BCUT2D eigenvalue weighted by Crippen LogP contribution is 2.36. The SMILES string of the molecule is CCCCCCCCCCCCCCCCc1ccc(-c2cc(C(CCCC(=O)O)CCOC(C)C(F)(F)F)ccc2-c2ccccc2)nc1. The van der Waals surface area contributed by atoms with Crippen LogP contribution in [-0.2, 0) is 16.0 Å². The first-order valence-electron chi connectivity index (χ1n) is 19.2.